The largest absolute Gasteiger partial charge is 0.493 e. The third kappa shape index (κ3) is 6.94. The van der Waals surface area contributed by atoms with Crippen LogP contribution in [0.1, 0.15) is 62.0 Å². The van der Waals surface area contributed by atoms with Gasteiger partial charge in [0, 0.05) is 32.7 Å². The maximum atomic E-state index is 14.4. The van der Waals surface area contributed by atoms with Crippen LogP contribution in [0, 0.1) is 6.92 Å². The molecule has 2 aromatic carbocycles. The molecule has 1 saturated carbocycles. The number of sulfonamides is 1. The highest BCUT2D eigenvalue weighted by atomic mass is 32.2. The number of benzene rings is 2. The van der Waals surface area contributed by atoms with Crippen molar-refractivity contribution in [1.82, 2.24) is 23.9 Å². The van der Waals surface area contributed by atoms with E-state index in [1.165, 1.54) is 37.8 Å². The molecule has 0 bridgehead atoms. The smallest absolute Gasteiger partial charge is 0.277 e. The topological polar surface area (TPSA) is 147 Å². The Morgan fingerprint density at radius 1 is 1.00 bits per heavy atom. The Balaban J connectivity index is 1.60. The van der Waals surface area contributed by atoms with E-state index in [1.807, 2.05) is 6.92 Å². The number of fused-ring (bicyclic) bond motifs is 1. The molecule has 13 nitrogen and oxygen atoms in total. The first-order valence-corrected chi connectivity index (χ1v) is 17.2. The summed E-state index contributed by atoms with van der Waals surface area (Å²) < 4.78 is 59.3. The Morgan fingerprint density at radius 3 is 2.32 bits per heavy atom. The van der Waals surface area contributed by atoms with E-state index in [0.717, 1.165) is 31.5 Å². The van der Waals surface area contributed by atoms with Gasteiger partial charge >= 0.3 is 0 Å². The number of nitrogens with one attached hydrogen (secondary N) is 1. The van der Waals surface area contributed by atoms with Crippen LogP contribution in [0.5, 0.6) is 23.0 Å². The predicted octanol–water partition coefficient (Wildman–Crippen LogP) is 4.70. The Morgan fingerprint density at radius 2 is 1.70 bits per heavy atom. The lowest BCUT2D eigenvalue weighted by atomic mass is 10.1. The number of methoxy groups -OCH3 is 4. The average Bonchev–Trinajstić information content (AvgIpc) is 3.72. The van der Waals surface area contributed by atoms with Crippen LogP contribution in [-0.4, -0.2) is 80.5 Å². The van der Waals surface area contributed by atoms with E-state index < -0.39 is 10.0 Å². The van der Waals surface area contributed by atoms with Gasteiger partial charge < -0.3 is 28.7 Å². The number of rotatable bonds is 15. The average molecular weight is 670 g/mol. The summed E-state index contributed by atoms with van der Waals surface area (Å²) in [6, 6.07) is 8.05. The summed E-state index contributed by atoms with van der Waals surface area (Å²) in [5, 5.41) is 4.82. The molecule has 254 valence electrons. The molecule has 0 saturated heterocycles. The van der Waals surface area contributed by atoms with Gasteiger partial charge in [-0.05, 0) is 69.0 Å². The van der Waals surface area contributed by atoms with Crippen molar-refractivity contribution in [2.45, 2.75) is 63.3 Å². The van der Waals surface area contributed by atoms with Gasteiger partial charge in [-0.3, -0.25) is 4.79 Å². The van der Waals surface area contributed by atoms with Crippen molar-refractivity contribution >= 4 is 15.5 Å². The normalized spacial score (nSPS) is 13.9. The van der Waals surface area contributed by atoms with Gasteiger partial charge in [-0.25, -0.2) is 17.9 Å². The summed E-state index contributed by atoms with van der Waals surface area (Å²) >= 11 is 0. The van der Waals surface area contributed by atoms with Crippen LogP contribution in [0.3, 0.4) is 0 Å². The van der Waals surface area contributed by atoms with E-state index in [2.05, 4.69) is 4.98 Å². The number of hydrogen-bond acceptors (Lipinski definition) is 10. The van der Waals surface area contributed by atoms with Crippen LogP contribution >= 0.6 is 0 Å². The number of aromatic nitrogens is 4. The Hall–Kier alpha value is -4.14. The minimum Gasteiger partial charge on any atom is -0.493 e. The highest BCUT2D eigenvalue weighted by Crippen LogP contribution is 2.39. The first-order valence-electron chi connectivity index (χ1n) is 15.7. The molecule has 0 radical (unpaired) electrons. The SMILES string of the molecule is CCOc1ccc(S(=O)(=O)N(CCCOC)Cc2cc(OC)c(OC)c(OC)c2)cc1-c1nn2c(C3CCCC3)nc(C)c2c(=O)[nH]1. The van der Waals surface area contributed by atoms with E-state index in [-0.39, 0.29) is 35.3 Å². The molecule has 1 N–H and O–H groups in total. The zero-order valence-electron chi connectivity index (χ0n) is 27.8. The quantitative estimate of drug-likeness (QED) is 0.177. The highest BCUT2D eigenvalue weighted by Gasteiger charge is 2.29. The third-order valence-electron chi connectivity index (χ3n) is 8.40. The van der Waals surface area contributed by atoms with Crippen LogP contribution in [0.2, 0.25) is 0 Å². The van der Waals surface area contributed by atoms with Gasteiger partial charge in [0.05, 0.1) is 44.1 Å². The van der Waals surface area contributed by atoms with Crippen molar-refractivity contribution in [3.8, 4) is 34.4 Å². The van der Waals surface area contributed by atoms with Crippen molar-refractivity contribution in [2.24, 2.45) is 0 Å². The molecular formula is C33H43N5O8S. The van der Waals surface area contributed by atoms with Gasteiger partial charge in [0.25, 0.3) is 5.56 Å². The number of nitrogens with zero attached hydrogens (tertiary/aromatic N) is 4. The highest BCUT2D eigenvalue weighted by molar-refractivity contribution is 7.89. The van der Waals surface area contributed by atoms with Crippen LogP contribution in [0.15, 0.2) is 40.0 Å². The molecule has 1 fully saturated rings. The summed E-state index contributed by atoms with van der Waals surface area (Å²) in [6.45, 7) is 4.53. The minimum absolute atomic E-state index is 0.0152. The van der Waals surface area contributed by atoms with E-state index in [1.54, 1.807) is 36.7 Å². The summed E-state index contributed by atoms with van der Waals surface area (Å²) in [5.41, 5.74) is 1.61. The van der Waals surface area contributed by atoms with Gasteiger partial charge in [0.2, 0.25) is 15.8 Å². The zero-order chi connectivity index (χ0) is 33.7. The minimum atomic E-state index is -4.10. The van der Waals surface area contributed by atoms with Crippen LogP contribution in [0.4, 0.5) is 0 Å². The monoisotopic (exact) mass is 669 g/mol. The summed E-state index contributed by atoms with van der Waals surface area (Å²) in [6.07, 6.45) is 4.61. The predicted molar refractivity (Wildman–Crippen MR) is 176 cm³/mol. The number of hydrogen-bond donors (Lipinski definition) is 1. The molecule has 0 atom stereocenters. The van der Waals surface area contributed by atoms with E-state index >= 15 is 0 Å². The van der Waals surface area contributed by atoms with Crippen molar-refractivity contribution in [2.75, 3.05) is 48.2 Å². The van der Waals surface area contributed by atoms with E-state index in [4.69, 9.17) is 33.8 Å². The number of H-pyrrole nitrogens is 1. The first kappa shape index (κ1) is 34.2. The maximum absolute atomic E-state index is 14.4. The molecular weight excluding hydrogens is 626 g/mol. The zero-order valence-corrected chi connectivity index (χ0v) is 28.6. The van der Waals surface area contributed by atoms with Gasteiger partial charge in [-0.2, -0.15) is 4.31 Å². The lowest BCUT2D eigenvalue weighted by Crippen LogP contribution is -2.32. The number of imidazole rings is 1. The fourth-order valence-electron chi connectivity index (χ4n) is 6.15. The molecule has 5 rings (SSSR count). The van der Waals surface area contributed by atoms with Crippen molar-refractivity contribution in [3.05, 3.63) is 57.8 Å². The summed E-state index contributed by atoms with van der Waals surface area (Å²) in [5.74, 6) is 2.77. The molecule has 14 heteroatoms. The lowest BCUT2D eigenvalue weighted by molar-refractivity contribution is 0.186. The molecule has 1 aliphatic carbocycles. The molecule has 4 aromatic rings. The first-order chi connectivity index (χ1) is 22.7. The Bertz CT molecular complexity index is 1860. The number of aryl methyl sites for hydroxylation is 1. The molecule has 0 aliphatic heterocycles. The second-order valence-corrected chi connectivity index (χ2v) is 13.3. The molecule has 0 amide bonds. The third-order valence-corrected chi connectivity index (χ3v) is 10.2. The van der Waals surface area contributed by atoms with Crippen molar-refractivity contribution < 1.29 is 32.1 Å². The molecule has 0 unspecified atom stereocenters. The lowest BCUT2D eigenvalue weighted by Gasteiger charge is -2.24. The number of aromatic amines is 1. The Labute approximate surface area is 274 Å². The summed E-state index contributed by atoms with van der Waals surface area (Å²) in [4.78, 5) is 21.0. The van der Waals surface area contributed by atoms with Crippen molar-refractivity contribution in [1.29, 1.82) is 0 Å². The standard InChI is InChI=1S/C33H43N5O8S/c1-7-46-26-14-13-24(19-25(26)31-35-33(39)29-21(2)34-32(38(29)36-31)23-11-8-9-12-23)47(40,41)37(15-10-16-42-3)20-22-17-27(43-4)30(45-6)28(18-22)44-5/h13-14,17-19,23H,7-12,15-16,20H2,1-6H3,(H,35,36,39). The van der Waals surface area contributed by atoms with Crippen LogP contribution < -0.4 is 24.5 Å². The second kappa shape index (κ2) is 14.7. The fourth-order valence-corrected chi connectivity index (χ4v) is 7.64. The maximum Gasteiger partial charge on any atom is 0.277 e. The van der Waals surface area contributed by atoms with E-state index in [9.17, 15) is 13.2 Å². The second-order valence-electron chi connectivity index (χ2n) is 11.4. The fraction of sp³-hybridized carbons (Fsp3) is 0.485. The number of ether oxygens (including phenoxy) is 5. The molecule has 47 heavy (non-hydrogen) atoms. The van der Waals surface area contributed by atoms with Crippen LogP contribution in [0.25, 0.3) is 16.9 Å². The van der Waals surface area contributed by atoms with Gasteiger partial charge in [-0.1, -0.05) is 12.8 Å². The van der Waals surface area contributed by atoms with Crippen molar-refractivity contribution in [3.63, 3.8) is 0 Å². The summed E-state index contributed by atoms with van der Waals surface area (Å²) in [7, 11) is 2.00. The van der Waals surface area contributed by atoms with E-state index in [0.29, 0.717) is 65.0 Å². The molecule has 1 aliphatic rings. The van der Waals surface area contributed by atoms with Gasteiger partial charge in [0.15, 0.2) is 22.8 Å². The Kier molecular flexibility index (Phi) is 10.7. The van der Waals surface area contributed by atoms with Gasteiger partial charge in [0.1, 0.15) is 11.6 Å². The van der Waals surface area contributed by atoms with Gasteiger partial charge in [-0.15, -0.1) is 5.10 Å². The molecule has 2 heterocycles. The van der Waals surface area contributed by atoms with Crippen LogP contribution in [-0.2, 0) is 21.3 Å². The molecule has 2 aromatic heterocycles. The molecule has 0 spiro atoms.